The quantitative estimate of drug-likeness (QED) is 0.548. The van der Waals surface area contributed by atoms with Crippen molar-refractivity contribution < 1.29 is 0 Å². The number of hydrogen-bond acceptors (Lipinski definition) is 4. The van der Waals surface area contributed by atoms with Crippen LogP contribution in [0.3, 0.4) is 0 Å². The highest BCUT2D eigenvalue weighted by Crippen LogP contribution is 2.12. The summed E-state index contributed by atoms with van der Waals surface area (Å²) >= 11 is 0. The third-order valence-corrected chi connectivity index (χ3v) is 1.63. The molecule has 68 valence electrons. The maximum atomic E-state index is 4.19. The Morgan fingerprint density at radius 2 is 1.14 bits per heavy atom. The van der Waals surface area contributed by atoms with Crippen LogP contribution in [-0.4, -0.2) is 24.9 Å². The minimum atomic E-state index is 0.778. The fraction of sp³-hybridized carbons (Fsp3) is 0. The molecule has 0 spiro atoms. The number of nitrogens with zero attached hydrogens (tertiary/aromatic N) is 4. The fourth-order valence-corrected chi connectivity index (χ4v) is 1.02. The largest absolute Gasteiger partial charge is 0.263 e. The lowest BCUT2D eigenvalue weighted by Gasteiger charge is -1.95. The van der Waals surface area contributed by atoms with Crippen LogP contribution >= 0.6 is 0 Å². The SMILES string of the molecule is C1=CC(=C2C=CN=CC=N2)N=CC=N1. The number of rotatable bonds is 0. The highest BCUT2D eigenvalue weighted by Gasteiger charge is 1.99. The van der Waals surface area contributed by atoms with Gasteiger partial charge in [-0.2, -0.15) is 0 Å². The Bertz CT molecular complexity index is 343. The zero-order chi connectivity index (χ0) is 9.64. The Morgan fingerprint density at radius 1 is 0.643 bits per heavy atom. The van der Waals surface area contributed by atoms with Crippen LogP contribution in [0.2, 0.25) is 0 Å². The molecule has 2 rings (SSSR count). The van der Waals surface area contributed by atoms with Gasteiger partial charge in [-0.1, -0.05) is 0 Å². The second kappa shape index (κ2) is 4.23. The van der Waals surface area contributed by atoms with Crippen LogP contribution in [0.4, 0.5) is 0 Å². The topological polar surface area (TPSA) is 49.4 Å². The molecular formula is C10H8N4. The summed E-state index contributed by atoms with van der Waals surface area (Å²) in [7, 11) is 0. The molecule has 4 heteroatoms. The Kier molecular flexibility index (Phi) is 2.56. The summed E-state index contributed by atoms with van der Waals surface area (Å²) in [6, 6.07) is 0. The molecule has 0 amide bonds. The third-order valence-electron chi connectivity index (χ3n) is 1.63. The molecule has 2 aliphatic heterocycles. The first-order valence-electron chi connectivity index (χ1n) is 4.16. The predicted molar refractivity (Wildman–Crippen MR) is 59.3 cm³/mol. The van der Waals surface area contributed by atoms with Crippen molar-refractivity contribution in [3.8, 4) is 0 Å². The number of allylic oxidation sites excluding steroid dienone is 2. The van der Waals surface area contributed by atoms with Crippen molar-refractivity contribution in [3.63, 3.8) is 0 Å². The van der Waals surface area contributed by atoms with Gasteiger partial charge in [0.1, 0.15) is 0 Å². The van der Waals surface area contributed by atoms with Crippen molar-refractivity contribution in [2.75, 3.05) is 0 Å². The van der Waals surface area contributed by atoms with Gasteiger partial charge < -0.3 is 0 Å². The Labute approximate surface area is 81.5 Å². The van der Waals surface area contributed by atoms with Crippen LogP contribution in [0.25, 0.3) is 0 Å². The Hall–Kier alpha value is -2.10. The van der Waals surface area contributed by atoms with E-state index in [2.05, 4.69) is 20.0 Å². The van der Waals surface area contributed by atoms with Crippen molar-refractivity contribution in [2.45, 2.75) is 0 Å². The van der Waals surface area contributed by atoms with Crippen molar-refractivity contribution in [3.05, 3.63) is 35.9 Å². The Morgan fingerprint density at radius 3 is 1.64 bits per heavy atom. The first-order valence-corrected chi connectivity index (χ1v) is 4.16. The van der Waals surface area contributed by atoms with Gasteiger partial charge in [-0.05, 0) is 12.2 Å². The zero-order valence-corrected chi connectivity index (χ0v) is 7.41. The van der Waals surface area contributed by atoms with Crippen LogP contribution in [0.1, 0.15) is 0 Å². The number of hydrogen-bond donors (Lipinski definition) is 0. The molecule has 2 heterocycles. The molecule has 0 atom stereocenters. The molecule has 0 unspecified atom stereocenters. The second-order valence-electron chi connectivity index (χ2n) is 2.55. The lowest BCUT2D eigenvalue weighted by molar-refractivity contribution is 1.28. The molecule has 0 fully saturated rings. The van der Waals surface area contributed by atoms with Gasteiger partial charge >= 0.3 is 0 Å². The maximum absolute atomic E-state index is 4.19. The van der Waals surface area contributed by atoms with Gasteiger partial charge in [0.25, 0.3) is 0 Å². The molecule has 14 heavy (non-hydrogen) atoms. The van der Waals surface area contributed by atoms with E-state index in [0.717, 1.165) is 11.4 Å². The van der Waals surface area contributed by atoms with Crippen molar-refractivity contribution >= 4 is 24.9 Å². The van der Waals surface area contributed by atoms with Crippen LogP contribution in [0.15, 0.2) is 55.9 Å². The molecule has 0 aliphatic carbocycles. The van der Waals surface area contributed by atoms with Gasteiger partial charge in [-0.25, -0.2) is 0 Å². The van der Waals surface area contributed by atoms with Gasteiger partial charge in [0.2, 0.25) is 0 Å². The molecule has 0 saturated carbocycles. The van der Waals surface area contributed by atoms with Gasteiger partial charge in [0.15, 0.2) is 0 Å². The highest BCUT2D eigenvalue weighted by molar-refractivity contribution is 6.17. The minimum Gasteiger partial charge on any atom is -0.263 e. The summed E-state index contributed by atoms with van der Waals surface area (Å²) in [5.74, 6) is 0. The first kappa shape index (κ1) is 8.50. The maximum Gasteiger partial charge on any atom is 0.0902 e. The summed E-state index contributed by atoms with van der Waals surface area (Å²) in [6.07, 6.45) is 13.5. The summed E-state index contributed by atoms with van der Waals surface area (Å²) < 4.78 is 0. The van der Waals surface area contributed by atoms with Crippen LogP contribution < -0.4 is 0 Å². The third kappa shape index (κ3) is 1.98. The van der Waals surface area contributed by atoms with E-state index < -0.39 is 0 Å². The minimum absolute atomic E-state index is 0.778. The summed E-state index contributed by atoms with van der Waals surface area (Å²) in [5.41, 5.74) is 1.56. The van der Waals surface area contributed by atoms with Crippen LogP contribution in [-0.2, 0) is 0 Å². The second-order valence-corrected chi connectivity index (χ2v) is 2.55. The van der Waals surface area contributed by atoms with Gasteiger partial charge in [0, 0.05) is 37.3 Å². The molecule has 0 N–H and O–H groups in total. The normalized spacial score (nSPS) is 24.0. The molecule has 0 aromatic heterocycles. The molecule has 0 bridgehead atoms. The highest BCUT2D eigenvalue weighted by atomic mass is 14.9. The molecule has 0 aromatic rings. The van der Waals surface area contributed by atoms with E-state index in [0.29, 0.717) is 0 Å². The van der Waals surface area contributed by atoms with E-state index in [1.165, 1.54) is 0 Å². The van der Waals surface area contributed by atoms with Gasteiger partial charge in [-0.15, -0.1) is 0 Å². The van der Waals surface area contributed by atoms with Gasteiger partial charge in [-0.3, -0.25) is 20.0 Å². The Balaban J connectivity index is 2.39. The van der Waals surface area contributed by atoms with Crippen LogP contribution in [0, 0.1) is 0 Å². The summed E-state index contributed by atoms with van der Waals surface area (Å²) in [6.45, 7) is 0. The van der Waals surface area contributed by atoms with Crippen molar-refractivity contribution in [1.82, 2.24) is 0 Å². The van der Waals surface area contributed by atoms with Crippen LogP contribution in [0.5, 0.6) is 0 Å². The van der Waals surface area contributed by atoms with E-state index in [4.69, 9.17) is 0 Å². The summed E-state index contributed by atoms with van der Waals surface area (Å²) in [4.78, 5) is 16.3. The van der Waals surface area contributed by atoms with E-state index in [-0.39, 0.29) is 0 Å². The van der Waals surface area contributed by atoms with Crippen molar-refractivity contribution in [1.29, 1.82) is 0 Å². The monoisotopic (exact) mass is 184 g/mol. The molecule has 2 aliphatic rings. The lowest BCUT2D eigenvalue weighted by atomic mass is 10.3. The van der Waals surface area contributed by atoms with E-state index in [1.807, 2.05) is 12.2 Å². The molecule has 4 nitrogen and oxygen atoms in total. The molecule has 0 radical (unpaired) electrons. The first-order chi connectivity index (χ1) is 6.97. The van der Waals surface area contributed by atoms with Crippen molar-refractivity contribution in [2.24, 2.45) is 20.0 Å². The molecule has 0 saturated heterocycles. The van der Waals surface area contributed by atoms with E-state index in [1.54, 1.807) is 37.3 Å². The van der Waals surface area contributed by atoms with E-state index >= 15 is 0 Å². The van der Waals surface area contributed by atoms with E-state index in [9.17, 15) is 0 Å². The predicted octanol–water partition coefficient (Wildman–Crippen LogP) is 1.54. The number of aliphatic imine (C=N–C) groups is 4. The lowest BCUT2D eigenvalue weighted by Crippen LogP contribution is -1.82. The zero-order valence-electron chi connectivity index (χ0n) is 7.41. The average Bonchev–Trinajstić information content (AvgIpc) is 2.62. The molecular weight excluding hydrogens is 176 g/mol. The van der Waals surface area contributed by atoms with Gasteiger partial charge in [0.05, 0.1) is 11.4 Å². The summed E-state index contributed by atoms with van der Waals surface area (Å²) in [5, 5.41) is 0. The fourth-order valence-electron chi connectivity index (χ4n) is 1.02. The average molecular weight is 184 g/mol. The molecule has 0 aromatic carbocycles. The standard InChI is InChI=1S/C10H8N4/c1-3-11-5-7-13-9(1)10-2-4-12-6-8-14-10/h1-8H. The smallest absolute Gasteiger partial charge is 0.0902 e.